The van der Waals surface area contributed by atoms with Crippen LogP contribution in [0.3, 0.4) is 0 Å². The van der Waals surface area contributed by atoms with Crippen LogP contribution in [0, 0.1) is 18.3 Å². The average molecular weight is 174 g/mol. The lowest BCUT2D eigenvalue weighted by Gasteiger charge is -2.03. The van der Waals surface area contributed by atoms with E-state index in [-0.39, 0.29) is 5.84 Å². The summed E-state index contributed by atoms with van der Waals surface area (Å²) in [5.74, 6) is 5.29. The summed E-state index contributed by atoms with van der Waals surface area (Å²) in [4.78, 5) is 0. The highest BCUT2D eigenvalue weighted by Gasteiger charge is 2.03. The summed E-state index contributed by atoms with van der Waals surface area (Å²) in [6.07, 6.45) is 0. The van der Waals surface area contributed by atoms with Gasteiger partial charge in [-0.25, -0.2) is 0 Å². The van der Waals surface area contributed by atoms with Gasteiger partial charge in [-0.15, -0.1) is 0 Å². The Hall–Kier alpha value is -2.02. The molecule has 0 bridgehead atoms. The summed E-state index contributed by atoms with van der Waals surface area (Å²) < 4.78 is 0. The normalized spacial score (nSPS) is 10.9. The Morgan fingerprint density at radius 3 is 2.77 bits per heavy atom. The smallest absolute Gasteiger partial charge is 0.150 e. The van der Waals surface area contributed by atoms with Crippen LogP contribution < -0.4 is 11.6 Å². The van der Waals surface area contributed by atoms with Crippen LogP contribution in [0.1, 0.15) is 16.7 Å². The first-order valence-corrected chi connectivity index (χ1v) is 3.73. The molecule has 0 amide bonds. The molecule has 0 aromatic heterocycles. The number of nitrogens with zero attached hydrogens (tertiary/aromatic N) is 2. The highest BCUT2D eigenvalue weighted by atomic mass is 15.2. The van der Waals surface area contributed by atoms with Crippen molar-refractivity contribution in [1.29, 1.82) is 5.26 Å². The van der Waals surface area contributed by atoms with E-state index in [0.717, 1.165) is 5.56 Å². The fourth-order valence-electron chi connectivity index (χ4n) is 1.04. The molecular weight excluding hydrogens is 164 g/mol. The molecule has 0 aliphatic rings. The second-order valence-electron chi connectivity index (χ2n) is 2.66. The molecule has 13 heavy (non-hydrogen) atoms. The number of rotatable bonds is 1. The third-order valence-electron chi connectivity index (χ3n) is 1.78. The van der Waals surface area contributed by atoms with Crippen LogP contribution in [-0.4, -0.2) is 5.84 Å². The first-order chi connectivity index (χ1) is 6.19. The molecule has 66 valence electrons. The molecule has 1 rings (SSSR count). The number of hydrogen-bond donors (Lipinski definition) is 2. The lowest BCUT2D eigenvalue weighted by Crippen LogP contribution is -2.16. The summed E-state index contributed by atoms with van der Waals surface area (Å²) in [7, 11) is 0. The van der Waals surface area contributed by atoms with Crippen LogP contribution in [0.5, 0.6) is 0 Å². The van der Waals surface area contributed by atoms with Crippen LogP contribution in [0.4, 0.5) is 0 Å². The van der Waals surface area contributed by atoms with Crippen LogP contribution in [0.2, 0.25) is 0 Å². The maximum Gasteiger partial charge on any atom is 0.150 e. The van der Waals surface area contributed by atoms with Gasteiger partial charge in [0, 0.05) is 5.56 Å². The molecule has 1 aromatic rings. The zero-order valence-corrected chi connectivity index (χ0v) is 7.28. The first kappa shape index (κ1) is 9.07. The second kappa shape index (κ2) is 3.59. The van der Waals surface area contributed by atoms with Gasteiger partial charge in [-0.1, -0.05) is 6.07 Å². The van der Waals surface area contributed by atoms with Crippen molar-refractivity contribution in [2.75, 3.05) is 0 Å². The lowest BCUT2D eigenvalue weighted by atomic mass is 10.1. The first-order valence-electron chi connectivity index (χ1n) is 3.73. The van der Waals surface area contributed by atoms with Gasteiger partial charge in [-0.3, -0.25) is 0 Å². The standard InChI is InChI=1S/C9H10N4/c1-6-2-3-7(5-10)4-8(6)9(11)13-12/h2-4H,12H2,1H3,(H2,11,13). The molecule has 4 heteroatoms. The zero-order chi connectivity index (χ0) is 9.84. The van der Waals surface area contributed by atoms with E-state index in [0.29, 0.717) is 11.1 Å². The minimum Gasteiger partial charge on any atom is -0.382 e. The van der Waals surface area contributed by atoms with Crippen molar-refractivity contribution in [3.8, 4) is 6.07 Å². The van der Waals surface area contributed by atoms with Gasteiger partial charge in [0.1, 0.15) is 0 Å². The van der Waals surface area contributed by atoms with Gasteiger partial charge in [-0.05, 0) is 24.6 Å². The highest BCUT2D eigenvalue weighted by molar-refractivity contribution is 5.98. The van der Waals surface area contributed by atoms with Crippen molar-refractivity contribution in [3.63, 3.8) is 0 Å². The summed E-state index contributed by atoms with van der Waals surface area (Å²) >= 11 is 0. The summed E-state index contributed by atoms with van der Waals surface area (Å²) in [5, 5.41) is 12.0. The molecule has 0 aliphatic heterocycles. The minimum atomic E-state index is 0.245. The van der Waals surface area contributed by atoms with E-state index in [1.807, 2.05) is 19.1 Å². The Kier molecular flexibility index (Phi) is 2.50. The number of benzene rings is 1. The summed E-state index contributed by atoms with van der Waals surface area (Å²) in [6, 6.07) is 7.23. The number of nitrogens with two attached hydrogens (primary N) is 2. The molecule has 0 saturated heterocycles. The fraction of sp³-hybridized carbons (Fsp3) is 0.111. The number of hydrogen-bond acceptors (Lipinski definition) is 3. The van der Waals surface area contributed by atoms with Crippen molar-refractivity contribution in [2.24, 2.45) is 16.7 Å². The monoisotopic (exact) mass is 174 g/mol. The van der Waals surface area contributed by atoms with E-state index < -0.39 is 0 Å². The number of nitriles is 1. The molecular formula is C9H10N4. The molecule has 4 nitrogen and oxygen atoms in total. The maximum atomic E-state index is 8.65. The quantitative estimate of drug-likeness (QED) is 0.280. The predicted octanol–water partition coefficient (Wildman–Crippen LogP) is 0.446. The summed E-state index contributed by atoms with van der Waals surface area (Å²) in [5.41, 5.74) is 7.74. The molecule has 0 atom stereocenters. The van der Waals surface area contributed by atoms with Crippen molar-refractivity contribution >= 4 is 5.84 Å². The van der Waals surface area contributed by atoms with Crippen molar-refractivity contribution in [2.45, 2.75) is 6.92 Å². The molecule has 1 aromatic carbocycles. The van der Waals surface area contributed by atoms with E-state index in [4.69, 9.17) is 16.8 Å². The van der Waals surface area contributed by atoms with Crippen molar-refractivity contribution < 1.29 is 0 Å². The Morgan fingerprint density at radius 2 is 2.23 bits per heavy atom. The van der Waals surface area contributed by atoms with E-state index in [1.54, 1.807) is 12.1 Å². The predicted molar refractivity (Wildman–Crippen MR) is 50.8 cm³/mol. The molecule has 4 N–H and O–H groups in total. The average Bonchev–Trinajstić information content (AvgIpc) is 2.17. The zero-order valence-electron chi connectivity index (χ0n) is 7.28. The molecule has 0 radical (unpaired) electrons. The van der Waals surface area contributed by atoms with Gasteiger partial charge in [0.2, 0.25) is 0 Å². The third-order valence-corrected chi connectivity index (χ3v) is 1.78. The van der Waals surface area contributed by atoms with Gasteiger partial charge in [-0.2, -0.15) is 10.4 Å². The van der Waals surface area contributed by atoms with Crippen LogP contribution >= 0.6 is 0 Å². The van der Waals surface area contributed by atoms with E-state index >= 15 is 0 Å². The fourth-order valence-corrected chi connectivity index (χ4v) is 1.04. The van der Waals surface area contributed by atoms with E-state index in [9.17, 15) is 0 Å². The maximum absolute atomic E-state index is 8.65. The van der Waals surface area contributed by atoms with Gasteiger partial charge < -0.3 is 11.6 Å². The number of aryl methyl sites for hydroxylation is 1. The number of amidine groups is 1. The Morgan fingerprint density at radius 1 is 1.54 bits per heavy atom. The molecule has 0 unspecified atom stereocenters. The van der Waals surface area contributed by atoms with Gasteiger partial charge in [0.25, 0.3) is 0 Å². The highest BCUT2D eigenvalue weighted by Crippen LogP contribution is 2.09. The topological polar surface area (TPSA) is 88.2 Å². The molecule has 0 spiro atoms. The van der Waals surface area contributed by atoms with Crippen molar-refractivity contribution in [1.82, 2.24) is 0 Å². The Bertz CT molecular complexity index is 387. The van der Waals surface area contributed by atoms with Gasteiger partial charge in [0.15, 0.2) is 5.84 Å². The Balaban J connectivity index is 3.29. The van der Waals surface area contributed by atoms with Crippen LogP contribution in [-0.2, 0) is 0 Å². The largest absolute Gasteiger partial charge is 0.382 e. The number of hydrazone groups is 1. The molecule has 0 saturated carbocycles. The van der Waals surface area contributed by atoms with E-state index in [2.05, 4.69) is 5.10 Å². The van der Waals surface area contributed by atoms with Gasteiger partial charge >= 0.3 is 0 Å². The van der Waals surface area contributed by atoms with Crippen LogP contribution in [0.25, 0.3) is 0 Å². The molecule has 0 fully saturated rings. The lowest BCUT2D eigenvalue weighted by molar-refractivity contribution is 1.22. The van der Waals surface area contributed by atoms with Crippen molar-refractivity contribution in [3.05, 3.63) is 34.9 Å². The van der Waals surface area contributed by atoms with Gasteiger partial charge in [0.05, 0.1) is 11.6 Å². The Labute approximate surface area is 76.5 Å². The molecule has 0 heterocycles. The second-order valence-corrected chi connectivity index (χ2v) is 2.66. The van der Waals surface area contributed by atoms with E-state index in [1.165, 1.54) is 0 Å². The molecule has 0 aliphatic carbocycles. The summed E-state index contributed by atoms with van der Waals surface area (Å²) in [6.45, 7) is 1.88. The SMILES string of the molecule is Cc1ccc(C#N)cc1/C(N)=N/N. The van der Waals surface area contributed by atoms with Crippen LogP contribution in [0.15, 0.2) is 23.3 Å². The third kappa shape index (κ3) is 1.76. The minimum absolute atomic E-state index is 0.245.